The Bertz CT molecular complexity index is 894. The predicted octanol–water partition coefficient (Wildman–Crippen LogP) is 4.22. The average molecular weight is 397 g/mol. The molecule has 1 aromatic carbocycles. The van der Waals surface area contributed by atoms with Gasteiger partial charge in [-0.05, 0) is 42.0 Å². The van der Waals surface area contributed by atoms with Gasteiger partial charge in [-0.2, -0.15) is 10.2 Å². The molecule has 0 unspecified atom stereocenters. The van der Waals surface area contributed by atoms with Crippen molar-refractivity contribution in [1.29, 1.82) is 5.26 Å². The Balaban J connectivity index is 1.88. The molecule has 2 atom stereocenters. The van der Waals surface area contributed by atoms with Crippen LogP contribution in [0.1, 0.15) is 37.4 Å². The Hall–Kier alpha value is -3.14. The number of nitriles is 1. The van der Waals surface area contributed by atoms with E-state index in [1.165, 1.54) is 6.42 Å². The van der Waals surface area contributed by atoms with E-state index in [0.29, 0.717) is 46.6 Å². The van der Waals surface area contributed by atoms with E-state index in [2.05, 4.69) is 29.8 Å². The average Bonchev–Trinajstić information content (AvgIpc) is 3.14. The number of methoxy groups -OCH3 is 3. The van der Waals surface area contributed by atoms with E-state index in [-0.39, 0.29) is 0 Å². The fourth-order valence-electron chi connectivity index (χ4n) is 3.88. The van der Waals surface area contributed by atoms with Crippen molar-refractivity contribution in [3.8, 4) is 23.3 Å². The molecule has 2 aromatic rings. The second kappa shape index (κ2) is 8.91. The van der Waals surface area contributed by atoms with Crippen LogP contribution in [0.3, 0.4) is 0 Å². The Morgan fingerprint density at radius 3 is 2.21 bits per heavy atom. The molecule has 7 heteroatoms. The van der Waals surface area contributed by atoms with Crippen molar-refractivity contribution in [2.24, 2.45) is 11.8 Å². The van der Waals surface area contributed by atoms with Crippen LogP contribution in [0.5, 0.6) is 17.2 Å². The normalized spacial score (nSPS) is 19.2. The second-order valence-corrected chi connectivity index (χ2v) is 7.46. The highest BCUT2D eigenvalue weighted by Gasteiger charge is 2.27. The van der Waals surface area contributed by atoms with Crippen molar-refractivity contribution in [2.45, 2.75) is 20.3 Å². The van der Waals surface area contributed by atoms with Gasteiger partial charge in [-0.3, -0.25) is 0 Å². The van der Waals surface area contributed by atoms with Crippen LogP contribution in [0.2, 0.25) is 0 Å². The summed E-state index contributed by atoms with van der Waals surface area (Å²) in [4.78, 5) is 6.47. The molecule has 7 nitrogen and oxygen atoms in total. The summed E-state index contributed by atoms with van der Waals surface area (Å²) < 4.78 is 22.1. The predicted molar refractivity (Wildman–Crippen MR) is 111 cm³/mol. The van der Waals surface area contributed by atoms with Crippen LogP contribution in [0, 0.1) is 23.2 Å². The fourth-order valence-corrected chi connectivity index (χ4v) is 3.88. The second-order valence-electron chi connectivity index (χ2n) is 7.46. The molecule has 1 aromatic heterocycles. The van der Waals surface area contributed by atoms with Gasteiger partial charge < -0.3 is 23.5 Å². The molecule has 1 fully saturated rings. The number of ether oxygens (including phenoxy) is 3. The van der Waals surface area contributed by atoms with Crippen LogP contribution < -0.4 is 19.1 Å². The lowest BCUT2D eigenvalue weighted by Crippen LogP contribution is -2.38. The van der Waals surface area contributed by atoms with Gasteiger partial charge in [0.25, 0.3) is 0 Å². The maximum absolute atomic E-state index is 9.50. The SMILES string of the molecule is COc1cc(/C=C/c2nc(C#N)c(N3C[C@H](C)C[C@@H](C)C3)o2)cc(OC)c1OC. The van der Waals surface area contributed by atoms with Gasteiger partial charge in [-0.1, -0.05) is 13.8 Å². The van der Waals surface area contributed by atoms with E-state index in [1.807, 2.05) is 18.2 Å². The standard InChI is InChI=1S/C22H27N3O4/c1-14-8-15(2)13-25(12-14)22-17(11-23)24-20(29-22)7-6-16-9-18(26-3)21(28-5)19(10-16)27-4/h6-7,9-10,14-15H,8,12-13H2,1-5H3/b7-6+/t14-,15-/m1/s1. The van der Waals surface area contributed by atoms with Crippen LogP contribution in [-0.2, 0) is 0 Å². The minimum Gasteiger partial charge on any atom is -0.493 e. The zero-order chi connectivity index (χ0) is 21.0. The lowest BCUT2D eigenvalue weighted by Gasteiger charge is -2.34. The van der Waals surface area contributed by atoms with Crippen molar-refractivity contribution >= 4 is 18.0 Å². The van der Waals surface area contributed by atoms with Crippen molar-refractivity contribution in [2.75, 3.05) is 39.3 Å². The largest absolute Gasteiger partial charge is 0.493 e. The van der Waals surface area contributed by atoms with Gasteiger partial charge >= 0.3 is 0 Å². The van der Waals surface area contributed by atoms with E-state index >= 15 is 0 Å². The summed E-state index contributed by atoms with van der Waals surface area (Å²) in [5.74, 6) is 3.70. The van der Waals surface area contributed by atoms with E-state index in [1.54, 1.807) is 27.4 Å². The molecule has 1 aliphatic rings. The lowest BCUT2D eigenvalue weighted by atomic mass is 9.92. The van der Waals surface area contributed by atoms with Crippen LogP contribution >= 0.6 is 0 Å². The third-order valence-corrected chi connectivity index (χ3v) is 4.99. The van der Waals surface area contributed by atoms with Gasteiger partial charge in [0.2, 0.25) is 23.2 Å². The molecule has 1 aliphatic heterocycles. The fraction of sp³-hybridized carbons (Fsp3) is 0.455. The molecule has 0 aliphatic carbocycles. The van der Waals surface area contributed by atoms with Crippen molar-refractivity contribution < 1.29 is 18.6 Å². The molecule has 0 amide bonds. The van der Waals surface area contributed by atoms with Gasteiger partial charge in [-0.25, -0.2) is 0 Å². The Morgan fingerprint density at radius 2 is 1.69 bits per heavy atom. The lowest BCUT2D eigenvalue weighted by molar-refractivity contribution is 0.324. The van der Waals surface area contributed by atoms with Gasteiger partial charge in [0.15, 0.2) is 11.5 Å². The zero-order valence-electron chi connectivity index (χ0n) is 17.6. The first kappa shape index (κ1) is 20.6. The molecule has 0 bridgehead atoms. The van der Waals surface area contributed by atoms with Crippen LogP contribution in [-0.4, -0.2) is 39.4 Å². The van der Waals surface area contributed by atoms with Gasteiger partial charge in [-0.15, -0.1) is 0 Å². The summed E-state index contributed by atoms with van der Waals surface area (Å²) in [7, 11) is 4.71. The van der Waals surface area contributed by atoms with Crippen LogP contribution in [0.25, 0.3) is 12.2 Å². The Morgan fingerprint density at radius 1 is 1.07 bits per heavy atom. The first-order valence-electron chi connectivity index (χ1n) is 9.63. The third kappa shape index (κ3) is 4.48. The first-order chi connectivity index (χ1) is 14.0. The molecule has 3 rings (SSSR count). The van der Waals surface area contributed by atoms with E-state index in [4.69, 9.17) is 18.6 Å². The van der Waals surface area contributed by atoms with E-state index in [9.17, 15) is 5.26 Å². The molecular formula is C22H27N3O4. The quantitative estimate of drug-likeness (QED) is 0.722. The molecule has 154 valence electrons. The molecular weight excluding hydrogens is 370 g/mol. The van der Waals surface area contributed by atoms with Crippen molar-refractivity contribution in [3.05, 3.63) is 29.3 Å². The third-order valence-electron chi connectivity index (χ3n) is 4.99. The molecule has 2 heterocycles. The number of piperidine rings is 1. The van der Waals surface area contributed by atoms with Gasteiger partial charge in [0.05, 0.1) is 21.3 Å². The number of benzene rings is 1. The Kier molecular flexibility index (Phi) is 6.32. The number of hydrogen-bond donors (Lipinski definition) is 0. The highest BCUT2D eigenvalue weighted by atomic mass is 16.5. The summed E-state index contributed by atoms with van der Waals surface area (Å²) in [6, 6.07) is 5.82. The Labute approximate surface area is 171 Å². The highest BCUT2D eigenvalue weighted by molar-refractivity contribution is 5.71. The number of rotatable bonds is 6. The van der Waals surface area contributed by atoms with E-state index < -0.39 is 0 Å². The molecule has 0 spiro atoms. The molecule has 0 saturated carbocycles. The first-order valence-corrected chi connectivity index (χ1v) is 9.63. The molecule has 0 radical (unpaired) electrons. The number of aromatic nitrogens is 1. The maximum atomic E-state index is 9.50. The molecule has 1 saturated heterocycles. The van der Waals surface area contributed by atoms with E-state index in [0.717, 1.165) is 18.7 Å². The number of anilines is 1. The maximum Gasteiger partial charge on any atom is 0.235 e. The number of oxazole rings is 1. The number of hydrogen-bond acceptors (Lipinski definition) is 7. The van der Waals surface area contributed by atoms with Crippen LogP contribution in [0.15, 0.2) is 16.5 Å². The zero-order valence-corrected chi connectivity index (χ0v) is 17.6. The van der Waals surface area contributed by atoms with Gasteiger partial charge in [0.1, 0.15) is 6.07 Å². The highest BCUT2D eigenvalue weighted by Crippen LogP contribution is 2.38. The van der Waals surface area contributed by atoms with Gasteiger partial charge in [0, 0.05) is 19.2 Å². The minimum absolute atomic E-state index is 0.316. The monoisotopic (exact) mass is 397 g/mol. The summed E-state index contributed by atoms with van der Waals surface area (Å²) in [5.41, 5.74) is 1.15. The summed E-state index contributed by atoms with van der Waals surface area (Å²) >= 11 is 0. The topological polar surface area (TPSA) is 80.8 Å². The number of nitrogens with zero attached hydrogens (tertiary/aromatic N) is 3. The van der Waals surface area contributed by atoms with Crippen molar-refractivity contribution in [3.63, 3.8) is 0 Å². The summed E-state index contributed by atoms with van der Waals surface area (Å²) in [6.07, 6.45) is 4.75. The summed E-state index contributed by atoms with van der Waals surface area (Å²) in [6.45, 7) is 6.17. The van der Waals surface area contributed by atoms with Crippen LogP contribution in [0.4, 0.5) is 5.88 Å². The minimum atomic E-state index is 0.316. The summed E-state index contributed by atoms with van der Waals surface area (Å²) in [5, 5.41) is 9.50. The van der Waals surface area contributed by atoms with Crippen molar-refractivity contribution in [1.82, 2.24) is 4.98 Å². The molecule has 0 N–H and O–H groups in total. The molecule has 29 heavy (non-hydrogen) atoms. The smallest absolute Gasteiger partial charge is 0.235 e.